The Kier molecular flexibility index (Phi) is 6.63. The number of carbonyl (C=O) groups is 1. The van der Waals surface area contributed by atoms with Crippen molar-refractivity contribution >= 4 is 11.7 Å². The SMILES string of the molecule is CCCOc1ccc(NC(=O)NCc2ccccc2CO)c(C)c1. The third kappa shape index (κ3) is 4.99. The number of aryl methyl sites for hydroxylation is 1. The summed E-state index contributed by atoms with van der Waals surface area (Å²) >= 11 is 0. The van der Waals surface area contributed by atoms with Gasteiger partial charge in [0.15, 0.2) is 0 Å². The zero-order valence-corrected chi connectivity index (χ0v) is 14.1. The Labute approximate surface area is 142 Å². The van der Waals surface area contributed by atoms with Crippen LogP contribution < -0.4 is 15.4 Å². The molecule has 2 rings (SSSR count). The number of urea groups is 1. The maximum absolute atomic E-state index is 12.1. The number of benzene rings is 2. The molecule has 0 saturated carbocycles. The van der Waals surface area contributed by atoms with Crippen LogP contribution in [-0.4, -0.2) is 17.7 Å². The van der Waals surface area contributed by atoms with E-state index >= 15 is 0 Å². The molecule has 0 spiro atoms. The van der Waals surface area contributed by atoms with E-state index in [1.165, 1.54) is 0 Å². The van der Waals surface area contributed by atoms with Crippen LogP contribution in [0.2, 0.25) is 0 Å². The van der Waals surface area contributed by atoms with E-state index in [-0.39, 0.29) is 12.6 Å². The summed E-state index contributed by atoms with van der Waals surface area (Å²) in [6, 6.07) is 12.8. The third-order valence-corrected chi connectivity index (χ3v) is 3.65. The maximum atomic E-state index is 12.1. The lowest BCUT2D eigenvalue weighted by molar-refractivity contribution is 0.251. The van der Waals surface area contributed by atoms with Crippen LogP contribution in [-0.2, 0) is 13.2 Å². The molecule has 0 aliphatic rings. The molecule has 5 nitrogen and oxygen atoms in total. The first-order valence-corrected chi connectivity index (χ1v) is 8.10. The minimum absolute atomic E-state index is 0.0438. The zero-order valence-electron chi connectivity index (χ0n) is 14.1. The Morgan fingerprint density at radius 1 is 1.17 bits per heavy atom. The molecule has 3 N–H and O–H groups in total. The predicted octanol–water partition coefficient (Wildman–Crippen LogP) is 3.60. The van der Waals surface area contributed by atoms with Crippen molar-refractivity contribution in [2.75, 3.05) is 11.9 Å². The lowest BCUT2D eigenvalue weighted by Crippen LogP contribution is -2.28. The van der Waals surface area contributed by atoms with E-state index in [2.05, 4.69) is 17.6 Å². The first-order chi connectivity index (χ1) is 11.6. The second-order valence-corrected chi connectivity index (χ2v) is 5.56. The smallest absolute Gasteiger partial charge is 0.319 e. The van der Waals surface area contributed by atoms with Crippen molar-refractivity contribution < 1.29 is 14.6 Å². The highest BCUT2D eigenvalue weighted by Crippen LogP contribution is 2.21. The summed E-state index contributed by atoms with van der Waals surface area (Å²) in [4.78, 5) is 12.1. The number of nitrogens with one attached hydrogen (secondary N) is 2. The maximum Gasteiger partial charge on any atom is 0.319 e. The van der Waals surface area contributed by atoms with Crippen molar-refractivity contribution in [1.82, 2.24) is 5.32 Å². The first-order valence-electron chi connectivity index (χ1n) is 8.10. The summed E-state index contributed by atoms with van der Waals surface area (Å²) < 4.78 is 5.57. The molecule has 0 radical (unpaired) electrons. The lowest BCUT2D eigenvalue weighted by atomic mass is 10.1. The van der Waals surface area contributed by atoms with E-state index in [1.807, 2.05) is 49.4 Å². The van der Waals surface area contributed by atoms with Gasteiger partial charge in [-0.2, -0.15) is 0 Å². The summed E-state index contributed by atoms with van der Waals surface area (Å²) in [5.74, 6) is 0.803. The van der Waals surface area contributed by atoms with Crippen LogP contribution >= 0.6 is 0 Å². The number of aliphatic hydroxyl groups excluding tert-OH is 1. The van der Waals surface area contributed by atoms with E-state index in [1.54, 1.807) is 0 Å². The van der Waals surface area contributed by atoms with Crippen LogP contribution in [0.5, 0.6) is 5.75 Å². The minimum atomic E-state index is -0.284. The second kappa shape index (κ2) is 8.93. The summed E-state index contributed by atoms with van der Waals surface area (Å²) in [7, 11) is 0. The number of hydrogen-bond acceptors (Lipinski definition) is 3. The molecule has 0 fully saturated rings. The zero-order chi connectivity index (χ0) is 17.4. The van der Waals surface area contributed by atoms with Crippen LogP contribution in [0.1, 0.15) is 30.0 Å². The Morgan fingerprint density at radius 3 is 2.58 bits per heavy atom. The number of hydrogen-bond donors (Lipinski definition) is 3. The number of amides is 2. The van der Waals surface area contributed by atoms with Crippen LogP contribution in [0.15, 0.2) is 42.5 Å². The fourth-order valence-corrected chi connectivity index (χ4v) is 2.31. The van der Waals surface area contributed by atoms with Gasteiger partial charge in [0.1, 0.15) is 5.75 Å². The molecule has 0 heterocycles. The highest BCUT2D eigenvalue weighted by Gasteiger charge is 2.07. The predicted molar refractivity (Wildman–Crippen MR) is 95.2 cm³/mol. The van der Waals surface area contributed by atoms with Gasteiger partial charge in [0, 0.05) is 12.2 Å². The topological polar surface area (TPSA) is 70.6 Å². The molecule has 0 saturated heterocycles. The van der Waals surface area contributed by atoms with Crippen LogP contribution in [0.3, 0.4) is 0 Å². The van der Waals surface area contributed by atoms with Crippen LogP contribution in [0.4, 0.5) is 10.5 Å². The average molecular weight is 328 g/mol. The van der Waals surface area contributed by atoms with E-state index < -0.39 is 0 Å². The second-order valence-electron chi connectivity index (χ2n) is 5.56. The number of anilines is 1. The quantitative estimate of drug-likeness (QED) is 0.727. The Bertz CT molecular complexity index is 686. The molecule has 0 atom stereocenters. The Morgan fingerprint density at radius 2 is 1.92 bits per heavy atom. The van der Waals surface area contributed by atoms with Crippen molar-refractivity contribution in [3.63, 3.8) is 0 Å². The summed E-state index contributed by atoms with van der Waals surface area (Å²) in [6.45, 7) is 4.98. The van der Waals surface area contributed by atoms with Crippen molar-refractivity contribution in [1.29, 1.82) is 0 Å². The van der Waals surface area contributed by atoms with E-state index in [0.29, 0.717) is 13.2 Å². The van der Waals surface area contributed by atoms with E-state index in [0.717, 1.165) is 34.5 Å². The average Bonchev–Trinajstić information content (AvgIpc) is 2.60. The molecule has 0 aliphatic carbocycles. The number of carbonyl (C=O) groups excluding carboxylic acids is 1. The van der Waals surface area contributed by atoms with Gasteiger partial charge < -0.3 is 20.5 Å². The fourth-order valence-electron chi connectivity index (χ4n) is 2.31. The highest BCUT2D eigenvalue weighted by molar-refractivity contribution is 5.90. The molecule has 24 heavy (non-hydrogen) atoms. The van der Waals surface area contributed by atoms with Crippen molar-refractivity contribution in [3.05, 3.63) is 59.2 Å². The molecule has 0 aliphatic heterocycles. The fraction of sp³-hybridized carbons (Fsp3) is 0.316. The van der Waals surface area contributed by atoms with Gasteiger partial charge >= 0.3 is 6.03 Å². The van der Waals surface area contributed by atoms with Gasteiger partial charge in [-0.1, -0.05) is 31.2 Å². The molecular formula is C19H24N2O3. The van der Waals surface area contributed by atoms with E-state index in [4.69, 9.17) is 4.74 Å². The van der Waals surface area contributed by atoms with Crippen molar-refractivity contribution in [2.24, 2.45) is 0 Å². The molecular weight excluding hydrogens is 304 g/mol. The summed E-state index contributed by atoms with van der Waals surface area (Å²) in [6.07, 6.45) is 0.955. The van der Waals surface area contributed by atoms with Crippen molar-refractivity contribution in [3.8, 4) is 5.75 Å². The summed E-state index contributed by atoms with van der Waals surface area (Å²) in [5, 5.41) is 14.9. The molecule has 5 heteroatoms. The largest absolute Gasteiger partial charge is 0.494 e. The van der Waals surface area contributed by atoms with Gasteiger partial charge in [0.2, 0.25) is 0 Å². The Hall–Kier alpha value is -2.53. The first kappa shape index (κ1) is 17.8. The molecule has 2 amide bonds. The van der Waals surface area contributed by atoms with Crippen LogP contribution in [0, 0.1) is 6.92 Å². The number of ether oxygens (including phenoxy) is 1. The standard InChI is InChI=1S/C19H24N2O3/c1-3-10-24-17-8-9-18(14(2)11-17)21-19(23)20-12-15-6-4-5-7-16(15)13-22/h4-9,11,22H,3,10,12-13H2,1-2H3,(H2,20,21,23). The number of aliphatic hydroxyl groups is 1. The van der Waals surface area contributed by atoms with Gasteiger partial charge in [-0.3, -0.25) is 0 Å². The summed E-state index contributed by atoms with van der Waals surface area (Å²) in [5.41, 5.74) is 3.39. The lowest BCUT2D eigenvalue weighted by Gasteiger charge is -2.13. The molecule has 0 unspecified atom stereocenters. The van der Waals surface area contributed by atoms with Gasteiger partial charge in [0.25, 0.3) is 0 Å². The molecule has 0 bridgehead atoms. The number of rotatable bonds is 7. The van der Waals surface area contributed by atoms with Gasteiger partial charge in [-0.15, -0.1) is 0 Å². The van der Waals surface area contributed by atoms with Crippen LogP contribution in [0.25, 0.3) is 0 Å². The molecule has 2 aromatic rings. The molecule has 128 valence electrons. The van der Waals surface area contributed by atoms with Gasteiger partial charge in [-0.25, -0.2) is 4.79 Å². The monoisotopic (exact) mass is 328 g/mol. The highest BCUT2D eigenvalue weighted by atomic mass is 16.5. The molecule has 0 aromatic heterocycles. The van der Waals surface area contributed by atoms with Gasteiger partial charge in [0.05, 0.1) is 13.2 Å². The minimum Gasteiger partial charge on any atom is -0.494 e. The van der Waals surface area contributed by atoms with Crippen molar-refractivity contribution in [2.45, 2.75) is 33.4 Å². The Balaban J connectivity index is 1.92. The van der Waals surface area contributed by atoms with E-state index in [9.17, 15) is 9.90 Å². The molecule has 2 aromatic carbocycles. The van der Waals surface area contributed by atoms with Gasteiger partial charge in [-0.05, 0) is 48.2 Å². The normalized spacial score (nSPS) is 10.3. The third-order valence-electron chi connectivity index (χ3n) is 3.65.